The van der Waals surface area contributed by atoms with Crippen molar-refractivity contribution in [2.75, 3.05) is 25.0 Å². The average molecular weight is 294 g/mol. The predicted octanol–water partition coefficient (Wildman–Crippen LogP) is 1.60. The van der Waals surface area contributed by atoms with Crippen LogP contribution >= 0.6 is 11.3 Å². The highest BCUT2D eigenvalue weighted by atomic mass is 32.1. The highest BCUT2D eigenvalue weighted by Crippen LogP contribution is 2.28. The number of piperidine rings is 1. The molecule has 6 heteroatoms. The van der Waals surface area contributed by atoms with Crippen molar-refractivity contribution >= 4 is 22.4 Å². The fourth-order valence-corrected chi connectivity index (χ4v) is 3.89. The highest BCUT2D eigenvalue weighted by Gasteiger charge is 2.24. The predicted molar refractivity (Wildman–Crippen MR) is 81.0 cm³/mol. The number of thiazole rings is 1. The largest absolute Gasteiger partial charge is 0.306 e. The standard InChI is InChI=1S/C14H22N4OS/c1-2-18-8-6-10-12(9-18)20-14(16-10)17-13(19)11-5-3-4-7-15-11/h11,15H,2-9H2,1H3,(H,16,17,19). The highest BCUT2D eigenvalue weighted by molar-refractivity contribution is 7.15. The van der Waals surface area contributed by atoms with Gasteiger partial charge in [-0.15, -0.1) is 11.3 Å². The average Bonchev–Trinajstić information content (AvgIpc) is 2.89. The first-order valence-corrected chi connectivity index (χ1v) is 8.33. The zero-order chi connectivity index (χ0) is 13.9. The van der Waals surface area contributed by atoms with Crippen molar-refractivity contribution in [3.05, 3.63) is 10.6 Å². The molecule has 0 radical (unpaired) electrons. The van der Waals surface area contributed by atoms with Gasteiger partial charge in [-0.2, -0.15) is 0 Å². The Balaban J connectivity index is 1.63. The SMILES string of the molecule is CCN1CCc2nc(NC(=O)C3CCCCN3)sc2C1. The van der Waals surface area contributed by atoms with Gasteiger partial charge in [-0.05, 0) is 25.9 Å². The number of likely N-dealkylation sites (N-methyl/N-ethyl adjacent to an activating group) is 1. The van der Waals surface area contributed by atoms with Gasteiger partial charge in [-0.25, -0.2) is 4.98 Å². The maximum atomic E-state index is 12.2. The Labute approximate surface area is 123 Å². The summed E-state index contributed by atoms with van der Waals surface area (Å²) in [6.45, 7) is 6.25. The van der Waals surface area contributed by atoms with E-state index in [1.54, 1.807) is 11.3 Å². The number of rotatable bonds is 3. The number of hydrogen-bond donors (Lipinski definition) is 2. The molecule has 1 atom stereocenters. The molecule has 110 valence electrons. The lowest BCUT2D eigenvalue weighted by atomic mass is 10.0. The van der Waals surface area contributed by atoms with Gasteiger partial charge in [0.15, 0.2) is 5.13 Å². The zero-order valence-electron chi connectivity index (χ0n) is 11.9. The quantitative estimate of drug-likeness (QED) is 0.889. The molecule has 1 aromatic heterocycles. The van der Waals surface area contributed by atoms with E-state index in [1.165, 1.54) is 17.0 Å². The van der Waals surface area contributed by atoms with E-state index in [2.05, 4.69) is 27.4 Å². The van der Waals surface area contributed by atoms with Crippen LogP contribution in [0.25, 0.3) is 0 Å². The molecule has 0 aromatic carbocycles. The second kappa shape index (κ2) is 6.20. The van der Waals surface area contributed by atoms with Crippen molar-refractivity contribution in [3.63, 3.8) is 0 Å². The van der Waals surface area contributed by atoms with Gasteiger partial charge in [-0.1, -0.05) is 13.3 Å². The number of nitrogens with zero attached hydrogens (tertiary/aromatic N) is 2. The number of carbonyl (C=O) groups is 1. The van der Waals surface area contributed by atoms with Crippen LogP contribution in [0.3, 0.4) is 0 Å². The number of amides is 1. The second-order valence-electron chi connectivity index (χ2n) is 5.50. The van der Waals surface area contributed by atoms with E-state index in [0.717, 1.165) is 50.6 Å². The van der Waals surface area contributed by atoms with Gasteiger partial charge in [0.25, 0.3) is 0 Å². The topological polar surface area (TPSA) is 57.3 Å². The summed E-state index contributed by atoms with van der Waals surface area (Å²) in [7, 11) is 0. The Morgan fingerprint density at radius 2 is 2.45 bits per heavy atom. The second-order valence-corrected chi connectivity index (χ2v) is 6.58. The van der Waals surface area contributed by atoms with Crippen LogP contribution in [0, 0.1) is 0 Å². The van der Waals surface area contributed by atoms with E-state index in [0.29, 0.717) is 0 Å². The van der Waals surface area contributed by atoms with Crippen LogP contribution < -0.4 is 10.6 Å². The van der Waals surface area contributed by atoms with Crippen LogP contribution in [0.2, 0.25) is 0 Å². The lowest BCUT2D eigenvalue weighted by Crippen LogP contribution is -2.43. The van der Waals surface area contributed by atoms with Crippen LogP contribution in [0.5, 0.6) is 0 Å². The third kappa shape index (κ3) is 3.02. The van der Waals surface area contributed by atoms with Crippen LogP contribution in [0.4, 0.5) is 5.13 Å². The van der Waals surface area contributed by atoms with E-state index in [9.17, 15) is 4.79 Å². The molecule has 1 aromatic rings. The first-order chi connectivity index (χ1) is 9.76. The van der Waals surface area contributed by atoms with Crippen LogP contribution in [-0.4, -0.2) is 41.5 Å². The Bertz CT molecular complexity index is 482. The third-order valence-electron chi connectivity index (χ3n) is 4.11. The summed E-state index contributed by atoms with van der Waals surface area (Å²) in [6, 6.07) is -0.0446. The van der Waals surface area contributed by atoms with Gasteiger partial charge >= 0.3 is 0 Å². The van der Waals surface area contributed by atoms with Gasteiger partial charge < -0.3 is 10.6 Å². The van der Waals surface area contributed by atoms with E-state index in [1.807, 2.05) is 0 Å². The summed E-state index contributed by atoms with van der Waals surface area (Å²) >= 11 is 1.63. The van der Waals surface area contributed by atoms with E-state index < -0.39 is 0 Å². The molecule has 2 aliphatic heterocycles. The molecule has 5 nitrogen and oxygen atoms in total. The summed E-state index contributed by atoms with van der Waals surface area (Å²) in [5.41, 5.74) is 1.17. The van der Waals surface area contributed by atoms with Crippen LogP contribution in [-0.2, 0) is 17.8 Å². The lowest BCUT2D eigenvalue weighted by molar-refractivity contribution is -0.118. The van der Waals surface area contributed by atoms with Gasteiger partial charge in [0, 0.05) is 24.4 Å². The smallest absolute Gasteiger partial charge is 0.243 e. The molecule has 3 rings (SSSR count). The first kappa shape index (κ1) is 14.0. The van der Waals surface area contributed by atoms with E-state index >= 15 is 0 Å². The van der Waals surface area contributed by atoms with Crippen LogP contribution in [0.15, 0.2) is 0 Å². The number of aromatic nitrogens is 1. The number of anilines is 1. The maximum absolute atomic E-state index is 12.2. The van der Waals surface area contributed by atoms with Gasteiger partial charge in [-0.3, -0.25) is 9.69 Å². The van der Waals surface area contributed by atoms with E-state index in [-0.39, 0.29) is 11.9 Å². The molecule has 0 spiro atoms. The third-order valence-corrected chi connectivity index (χ3v) is 5.11. The summed E-state index contributed by atoms with van der Waals surface area (Å²) in [4.78, 5) is 20.5. The molecule has 3 heterocycles. The molecule has 2 aliphatic rings. The van der Waals surface area contributed by atoms with Crippen molar-refractivity contribution in [2.24, 2.45) is 0 Å². The molecular weight excluding hydrogens is 272 g/mol. The number of hydrogen-bond acceptors (Lipinski definition) is 5. The monoisotopic (exact) mass is 294 g/mol. The first-order valence-electron chi connectivity index (χ1n) is 7.51. The Morgan fingerprint density at radius 3 is 3.20 bits per heavy atom. The van der Waals surface area contributed by atoms with Crippen LogP contribution in [0.1, 0.15) is 36.8 Å². The zero-order valence-corrected chi connectivity index (χ0v) is 12.8. The molecule has 20 heavy (non-hydrogen) atoms. The fraction of sp³-hybridized carbons (Fsp3) is 0.714. The molecule has 0 saturated carbocycles. The Morgan fingerprint density at radius 1 is 1.55 bits per heavy atom. The minimum atomic E-state index is -0.0446. The van der Waals surface area contributed by atoms with E-state index in [4.69, 9.17) is 0 Å². The number of nitrogens with one attached hydrogen (secondary N) is 2. The molecule has 0 bridgehead atoms. The molecule has 2 N–H and O–H groups in total. The van der Waals surface area contributed by atoms with Crippen molar-refractivity contribution in [1.82, 2.24) is 15.2 Å². The molecular formula is C14H22N4OS. The van der Waals surface area contributed by atoms with Gasteiger partial charge in [0.05, 0.1) is 11.7 Å². The van der Waals surface area contributed by atoms with Crippen molar-refractivity contribution in [1.29, 1.82) is 0 Å². The number of carbonyl (C=O) groups excluding carboxylic acids is 1. The molecule has 1 saturated heterocycles. The van der Waals surface area contributed by atoms with Gasteiger partial charge in [0.1, 0.15) is 0 Å². The summed E-state index contributed by atoms with van der Waals surface area (Å²) in [5.74, 6) is 0.0724. The Kier molecular flexibility index (Phi) is 4.33. The minimum absolute atomic E-state index is 0.0446. The molecule has 1 unspecified atom stereocenters. The lowest BCUT2D eigenvalue weighted by Gasteiger charge is -2.23. The number of fused-ring (bicyclic) bond motifs is 1. The minimum Gasteiger partial charge on any atom is -0.306 e. The van der Waals surface area contributed by atoms with Crippen molar-refractivity contribution < 1.29 is 4.79 Å². The fourth-order valence-electron chi connectivity index (χ4n) is 2.84. The maximum Gasteiger partial charge on any atom is 0.243 e. The summed E-state index contributed by atoms with van der Waals surface area (Å²) < 4.78 is 0. The Hall–Kier alpha value is -0.980. The summed E-state index contributed by atoms with van der Waals surface area (Å²) in [5, 5.41) is 7.03. The summed E-state index contributed by atoms with van der Waals surface area (Å²) in [6.07, 6.45) is 4.23. The van der Waals surface area contributed by atoms with Gasteiger partial charge in [0.2, 0.25) is 5.91 Å². The molecule has 1 fully saturated rings. The van der Waals surface area contributed by atoms with Crippen molar-refractivity contribution in [3.8, 4) is 0 Å². The normalized spacial score (nSPS) is 23.4. The molecule has 1 amide bonds. The van der Waals surface area contributed by atoms with Crippen molar-refractivity contribution in [2.45, 2.75) is 45.2 Å². The molecule has 0 aliphatic carbocycles.